The van der Waals surface area contributed by atoms with Crippen LogP contribution in [0.2, 0.25) is 0 Å². The fourth-order valence-corrected chi connectivity index (χ4v) is 3.80. The Morgan fingerprint density at radius 2 is 2.19 bits per heavy atom. The molecule has 1 aliphatic rings. The fraction of sp³-hybridized carbons (Fsp3) is 0.385. The van der Waals surface area contributed by atoms with Crippen LogP contribution in [0.3, 0.4) is 0 Å². The third-order valence-corrected chi connectivity index (χ3v) is 5.41. The lowest BCUT2D eigenvalue weighted by molar-refractivity contribution is -0.116. The summed E-state index contributed by atoms with van der Waals surface area (Å²) in [6.07, 6.45) is 0.746. The summed E-state index contributed by atoms with van der Waals surface area (Å²) in [4.78, 5) is 12.1. The molecule has 1 fully saturated rings. The molecule has 6 nitrogen and oxygen atoms in total. The Balaban J connectivity index is 1.90. The van der Waals surface area contributed by atoms with E-state index in [0.717, 1.165) is 0 Å². The first-order chi connectivity index (χ1) is 9.88. The molecule has 0 saturated carbocycles. The van der Waals surface area contributed by atoms with Crippen LogP contribution in [0.4, 0.5) is 5.69 Å². The van der Waals surface area contributed by atoms with Gasteiger partial charge in [-0.15, -0.1) is 0 Å². The molecule has 114 valence electrons. The molecule has 0 spiro atoms. The van der Waals surface area contributed by atoms with E-state index in [0.29, 0.717) is 24.2 Å². The van der Waals surface area contributed by atoms with Gasteiger partial charge in [-0.3, -0.25) is 4.79 Å². The predicted molar refractivity (Wildman–Crippen MR) is 85.6 cm³/mol. The topological polar surface area (TPSA) is 92.5 Å². The van der Waals surface area contributed by atoms with E-state index >= 15 is 0 Å². The number of thiocarbonyl (C=S) groups is 1. The molecule has 21 heavy (non-hydrogen) atoms. The summed E-state index contributed by atoms with van der Waals surface area (Å²) < 4.78 is 24.6. The van der Waals surface area contributed by atoms with Gasteiger partial charge in [-0.1, -0.05) is 24.4 Å². The van der Waals surface area contributed by atoms with E-state index in [4.69, 9.17) is 18.0 Å². The first-order valence-corrected chi connectivity index (χ1v) is 8.58. The number of carbonyl (C=O) groups is 1. The van der Waals surface area contributed by atoms with Gasteiger partial charge in [-0.25, -0.2) is 12.7 Å². The molecule has 1 aromatic rings. The van der Waals surface area contributed by atoms with Crippen molar-refractivity contribution < 1.29 is 13.2 Å². The SMILES string of the molecule is NC(=S)c1cccc(NC(=O)CCN2CCCS2(=O)=O)c1. The molecule has 1 aromatic carbocycles. The molecule has 1 heterocycles. The van der Waals surface area contributed by atoms with Crippen molar-refractivity contribution in [2.45, 2.75) is 12.8 Å². The van der Waals surface area contributed by atoms with Crippen LogP contribution in [0.15, 0.2) is 24.3 Å². The van der Waals surface area contributed by atoms with Gasteiger partial charge in [0.25, 0.3) is 0 Å². The van der Waals surface area contributed by atoms with E-state index in [2.05, 4.69) is 5.32 Å². The van der Waals surface area contributed by atoms with Crippen molar-refractivity contribution in [2.75, 3.05) is 24.2 Å². The molecule has 3 N–H and O–H groups in total. The van der Waals surface area contributed by atoms with Crippen molar-refractivity contribution in [1.82, 2.24) is 4.31 Å². The van der Waals surface area contributed by atoms with Crippen LogP contribution in [-0.2, 0) is 14.8 Å². The number of sulfonamides is 1. The number of nitrogens with two attached hydrogens (primary N) is 1. The van der Waals surface area contributed by atoms with E-state index in [-0.39, 0.29) is 29.6 Å². The summed E-state index contributed by atoms with van der Waals surface area (Å²) in [5.41, 5.74) is 6.79. The first-order valence-electron chi connectivity index (χ1n) is 6.56. The Morgan fingerprint density at radius 3 is 2.81 bits per heavy atom. The lowest BCUT2D eigenvalue weighted by atomic mass is 10.2. The lowest BCUT2D eigenvalue weighted by Crippen LogP contribution is -2.29. The van der Waals surface area contributed by atoms with Gasteiger partial charge in [0, 0.05) is 30.8 Å². The second kappa shape index (κ2) is 6.50. The van der Waals surface area contributed by atoms with E-state index in [1.54, 1.807) is 24.3 Å². The highest BCUT2D eigenvalue weighted by Crippen LogP contribution is 2.14. The molecule has 0 aromatic heterocycles. The third-order valence-electron chi connectivity index (χ3n) is 3.22. The van der Waals surface area contributed by atoms with Gasteiger partial charge >= 0.3 is 0 Å². The van der Waals surface area contributed by atoms with Crippen LogP contribution in [0.25, 0.3) is 0 Å². The molecule has 0 unspecified atom stereocenters. The molecule has 0 bridgehead atoms. The average Bonchev–Trinajstić information content (AvgIpc) is 2.75. The monoisotopic (exact) mass is 327 g/mol. The molecule has 1 saturated heterocycles. The Morgan fingerprint density at radius 1 is 1.43 bits per heavy atom. The summed E-state index contributed by atoms with van der Waals surface area (Å²) in [6, 6.07) is 6.92. The highest BCUT2D eigenvalue weighted by Gasteiger charge is 2.28. The number of nitrogens with one attached hydrogen (secondary N) is 1. The number of hydrogen-bond acceptors (Lipinski definition) is 4. The first kappa shape index (κ1) is 15.9. The van der Waals surface area contributed by atoms with Crippen LogP contribution in [0, 0.1) is 0 Å². The number of hydrogen-bond donors (Lipinski definition) is 2. The largest absolute Gasteiger partial charge is 0.389 e. The van der Waals surface area contributed by atoms with Crippen molar-refractivity contribution in [3.63, 3.8) is 0 Å². The summed E-state index contributed by atoms with van der Waals surface area (Å²) in [6.45, 7) is 0.704. The number of amides is 1. The maximum absolute atomic E-state index is 11.9. The van der Waals surface area contributed by atoms with Crippen LogP contribution >= 0.6 is 12.2 Å². The molecule has 0 atom stereocenters. The highest BCUT2D eigenvalue weighted by molar-refractivity contribution is 7.89. The average molecular weight is 327 g/mol. The fourth-order valence-electron chi connectivity index (χ4n) is 2.14. The van der Waals surface area contributed by atoms with Crippen molar-refractivity contribution >= 4 is 38.8 Å². The van der Waals surface area contributed by atoms with Gasteiger partial charge in [-0.05, 0) is 18.6 Å². The number of rotatable bonds is 5. The van der Waals surface area contributed by atoms with E-state index in [1.807, 2.05) is 0 Å². The normalized spacial score (nSPS) is 17.5. The maximum Gasteiger partial charge on any atom is 0.225 e. The molecule has 0 radical (unpaired) electrons. The van der Waals surface area contributed by atoms with Crippen LogP contribution in [-0.4, -0.2) is 42.5 Å². The van der Waals surface area contributed by atoms with Crippen LogP contribution in [0.5, 0.6) is 0 Å². The number of carbonyl (C=O) groups excluding carboxylic acids is 1. The Labute approximate surface area is 129 Å². The maximum atomic E-state index is 11.9. The Bertz CT molecular complexity index is 658. The minimum absolute atomic E-state index is 0.122. The van der Waals surface area contributed by atoms with Crippen molar-refractivity contribution in [1.29, 1.82) is 0 Å². The molecule has 0 aliphatic carbocycles. The van der Waals surface area contributed by atoms with Crippen LogP contribution < -0.4 is 11.1 Å². The molecule has 1 aliphatic heterocycles. The Hall–Kier alpha value is -1.51. The zero-order chi connectivity index (χ0) is 15.5. The summed E-state index contributed by atoms with van der Waals surface area (Å²) in [5, 5.41) is 2.71. The summed E-state index contributed by atoms with van der Waals surface area (Å²) >= 11 is 4.88. The van der Waals surface area contributed by atoms with Crippen molar-refractivity contribution in [2.24, 2.45) is 5.73 Å². The minimum Gasteiger partial charge on any atom is -0.389 e. The zero-order valence-corrected chi connectivity index (χ0v) is 13.0. The number of benzene rings is 1. The van der Waals surface area contributed by atoms with Gasteiger partial charge in [0.2, 0.25) is 15.9 Å². The van der Waals surface area contributed by atoms with Crippen molar-refractivity contribution in [3.8, 4) is 0 Å². The van der Waals surface area contributed by atoms with Crippen LogP contribution in [0.1, 0.15) is 18.4 Å². The molecular weight excluding hydrogens is 310 g/mol. The van der Waals surface area contributed by atoms with E-state index in [1.165, 1.54) is 4.31 Å². The standard InChI is InChI=1S/C13H17N3O3S2/c14-13(20)10-3-1-4-11(9-10)15-12(17)5-7-16-6-2-8-21(16,18)19/h1,3-4,9H,2,5-8H2,(H2,14,20)(H,15,17). The molecular formula is C13H17N3O3S2. The quantitative estimate of drug-likeness (QED) is 0.776. The summed E-state index contributed by atoms with van der Waals surface area (Å²) in [7, 11) is -3.15. The Kier molecular flexibility index (Phi) is 4.92. The molecule has 1 amide bonds. The smallest absolute Gasteiger partial charge is 0.225 e. The third kappa shape index (κ3) is 4.23. The summed E-state index contributed by atoms with van der Waals surface area (Å²) in [5.74, 6) is -0.0675. The molecule has 8 heteroatoms. The minimum atomic E-state index is -3.15. The van der Waals surface area contributed by atoms with Gasteiger partial charge < -0.3 is 11.1 Å². The van der Waals surface area contributed by atoms with Gasteiger partial charge in [0.1, 0.15) is 4.99 Å². The predicted octanol–water partition coefficient (Wildman–Crippen LogP) is 0.685. The number of nitrogens with zero attached hydrogens (tertiary/aromatic N) is 1. The number of anilines is 1. The highest BCUT2D eigenvalue weighted by atomic mass is 32.2. The lowest BCUT2D eigenvalue weighted by Gasteiger charge is -2.14. The van der Waals surface area contributed by atoms with Gasteiger partial charge in [0.05, 0.1) is 5.75 Å². The second-order valence-corrected chi connectivity index (χ2v) is 7.34. The van der Waals surface area contributed by atoms with Crippen molar-refractivity contribution in [3.05, 3.63) is 29.8 Å². The van der Waals surface area contributed by atoms with Gasteiger partial charge in [0.15, 0.2) is 0 Å². The van der Waals surface area contributed by atoms with E-state index in [9.17, 15) is 13.2 Å². The molecule has 2 rings (SSSR count). The van der Waals surface area contributed by atoms with E-state index < -0.39 is 10.0 Å². The zero-order valence-electron chi connectivity index (χ0n) is 11.4. The van der Waals surface area contributed by atoms with Gasteiger partial charge in [-0.2, -0.15) is 0 Å². The second-order valence-electron chi connectivity index (χ2n) is 4.81.